The predicted molar refractivity (Wildman–Crippen MR) is 82.5 cm³/mol. The van der Waals surface area contributed by atoms with E-state index in [2.05, 4.69) is 17.4 Å². The summed E-state index contributed by atoms with van der Waals surface area (Å²) in [7, 11) is 0. The van der Waals surface area contributed by atoms with Gasteiger partial charge in [0.25, 0.3) is 0 Å². The van der Waals surface area contributed by atoms with Crippen LogP contribution in [0.3, 0.4) is 0 Å². The lowest BCUT2D eigenvalue weighted by molar-refractivity contribution is 0.539. The number of hydrogen-bond donors (Lipinski definition) is 1. The minimum Gasteiger partial charge on any atom is -0.306 e. The third kappa shape index (κ3) is 3.30. The molecule has 0 radical (unpaired) electrons. The molecule has 1 unspecified atom stereocenters. The van der Waals surface area contributed by atoms with E-state index in [1.54, 1.807) is 0 Å². The first kappa shape index (κ1) is 15.6. The summed E-state index contributed by atoms with van der Waals surface area (Å²) in [6.07, 6.45) is 0. The van der Waals surface area contributed by atoms with Gasteiger partial charge in [0, 0.05) is 11.6 Å². The fourth-order valence-electron chi connectivity index (χ4n) is 2.95. The minimum atomic E-state index is -0.552. The highest BCUT2D eigenvalue weighted by Gasteiger charge is 2.21. The Bertz CT molecular complexity index is 627. The maximum absolute atomic E-state index is 14.2. The van der Waals surface area contributed by atoms with Crippen LogP contribution in [0.2, 0.25) is 0 Å². The minimum absolute atomic E-state index is 0.267. The highest BCUT2D eigenvalue weighted by molar-refractivity contribution is 5.44. The Balaban J connectivity index is 2.59. The zero-order valence-corrected chi connectivity index (χ0v) is 12.9. The Morgan fingerprint density at radius 3 is 2.14 bits per heavy atom. The molecule has 0 aliphatic heterocycles. The second-order valence-corrected chi connectivity index (χ2v) is 5.47. The molecule has 3 heteroatoms. The maximum atomic E-state index is 14.2. The van der Waals surface area contributed by atoms with Gasteiger partial charge >= 0.3 is 0 Å². The molecule has 1 atom stereocenters. The van der Waals surface area contributed by atoms with E-state index in [9.17, 15) is 8.78 Å². The van der Waals surface area contributed by atoms with Gasteiger partial charge in [-0.1, -0.05) is 30.7 Å². The van der Waals surface area contributed by atoms with Crippen molar-refractivity contribution in [3.8, 4) is 0 Å². The average molecular weight is 289 g/mol. The summed E-state index contributed by atoms with van der Waals surface area (Å²) in [6.45, 7) is 8.79. The molecule has 2 aromatic carbocycles. The number of hydrogen-bond acceptors (Lipinski definition) is 1. The molecule has 0 spiro atoms. The van der Waals surface area contributed by atoms with Crippen molar-refractivity contribution >= 4 is 0 Å². The molecule has 0 aliphatic carbocycles. The SMILES string of the molecule is CCNC(c1ccc(F)cc1F)c1c(C)cc(C)cc1C. The van der Waals surface area contributed by atoms with Crippen molar-refractivity contribution < 1.29 is 8.78 Å². The zero-order valence-electron chi connectivity index (χ0n) is 12.9. The molecule has 1 N–H and O–H groups in total. The lowest BCUT2D eigenvalue weighted by Gasteiger charge is -2.24. The monoisotopic (exact) mass is 289 g/mol. The largest absolute Gasteiger partial charge is 0.306 e. The normalized spacial score (nSPS) is 12.5. The Hall–Kier alpha value is -1.74. The smallest absolute Gasteiger partial charge is 0.131 e. The van der Waals surface area contributed by atoms with E-state index in [1.807, 2.05) is 27.7 Å². The number of nitrogens with one attached hydrogen (secondary N) is 1. The van der Waals surface area contributed by atoms with Crippen molar-refractivity contribution in [2.24, 2.45) is 0 Å². The fourth-order valence-corrected chi connectivity index (χ4v) is 2.95. The first-order chi connectivity index (χ1) is 9.93. The lowest BCUT2D eigenvalue weighted by Crippen LogP contribution is -2.24. The second-order valence-electron chi connectivity index (χ2n) is 5.47. The van der Waals surface area contributed by atoms with E-state index in [0.29, 0.717) is 12.1 Å². The first-order valence-electron chi connectivity index (χ1n) is 7.20. The summed E-state index contributed by atoms with van der Waals surface area (Å²) >= 11 is 0. The van der Waals surface area contributed by atoms with Gasteiger partial charge in [0.05, 0.1) is 6.04 Å². The number of halogens is 2. The van der Waals surface area contributed by atoms with Crippen LogP contribution in [0.15, 0.2) is 30.3 Å². The van der Waals surface area contributed by atoms with Gasteiger partial charge < -0.3 is 5.32 Å². The molecule has 0 fully saturated rings. The standard InChI is InChI=1S/C18H21F2N/c1-5-21-18(15-7-6-14(19)10-16(15)20)17-12(3)8-11(2)9-13(17)4/h6-10,18,21H,5H2,1-4H3. The van der Waals surface area contributed by atoms with Crippen molar-refractivity contribution in [2.75, 3.05) is 6.54 Å². The topological polar surface area (TPSA) is 12.0 Å². The van der Waals surface area contributed by atoms with Gasteiger partial charge in [0.1, 0.15) is 11.6 Å². The van der Waals surface area contributed by atoms with Crippen LogP contribution in [-0.4, -0.2) is 6.54 Å². The highest BCUT2D eigenvalue weighted by Crippen LogP contribution is 2.30. The van der Waals surface area contributed by atoms with E-state index >= 15 is 0 Å². The maximum Gasteiger partial charge on any atom is 0.131 e. The lowest BCUT2D eigenvalue weighted by atomic mass is 9.89. The van der Waals surface area contributed by atoms with Gasteiger partial charge in [-0.25, -0.2) is 8.78 Å². The fraction of sp³-hybridized carbons (Fsp3) is 0.333. The molecule has 21 heavy (non-hydrogen) atoms. The molecule has 0 saturated heterocycles. The van der Waals surface area contributed by atoms with E-state index in [0.717, 1.165) is 22.8 Å². The van der Waals surface area contributed by atoms with Crippen LogP contribution >= 0.6 is 0 Å². The van der Waals surface area contributed by atoms with Crippen molar-refractivity contribution in [1.29, 1.82) is 0 Å². The third-order valence-electron chi connectivity index (χ3n) is 3.71. The van der Waals surface area contributed by atoms with Gasteiger partial charge in [-0.3, -0.25) is 0 Å². The van der Waals surface area contributed by atoms with Crippen molar-refractivity contribution in [3.05, 3.63) is 69.8 Å². The zero-order chi connectivity index (χ0) is 15.6. The van der Waals surface area contributed by atoms with Crippen LogP contribution in [0.5, 0.6) is 0 Å². The van der Waals surface area contributed by atoms with E-state index in [1.165, 1.54) is 17.7 Å². The van der Waals surface area contributed by atoms with Crippen molar-refractivity contribution in [1.82, 2.24) is 5.32 Å². The van der Waals surface area contributed by atoms with E-state index in [4.69, 9.17) is 0 Å². The molecule has 0 aliphatic rings. The summed E-state index contributed by atoms with van der Waals surface area (Å²) in [5.41, 5.74) is 4.95. The summed E-state index contributed by atoms with van der Waals surface area (Å²) in [4.78, 5) is 0. The molecule has 0 aromatic heterocycles. The molecule has 1 nitrogen and oxygen atoms in total. The van der Waals surface area contributed by atoms with Crippen LogP contribution in [0.4, 0.5) is 8.78 Å². The average Bonchev–Trinajstić information content (AvgIpc) is 2.37. The number of benzene rings is 2. The van der Waals surface area contributed by atoms with E-state index < -0.39 is 11.6 Å². The quantitative estimate of drug-likeness (QED) is 0.868. The van der Waals surface area contributed by atoms with Crippen LogP contribution < -0.4 is 5.32 Å². The Morgan fingerprint density at radius 2 is 1.62 bits per heavy atom. The highest BCUT2D eigenvalue weighted by atomic mass is 19.1. The predicted octanol–water partition coefficient (Wildman–Crippen LogP) is 4.59. The molecule has 112 valence electrons. The number of aryl methyl sites for hydroxylation is 3. The molecule has 0 amide bonds. The molecule has 0 bridgehead atoms. The van der Waals surface area contributed by atoms with Crippen LogP contribution in [0.1, 0.15) is 40.8 Å². The van der Waals surface area contributed by atoms with Crippen LogP contribution in [0.25, 0.3) is 0 Å². The van der Waals surface area contributed by atoms with Gasteiger partial charge in [0.15, 0.2) is 0 Å². The molecule has 2 rings (SSSR count). The van der Waals surface area contributed by atoms with Gasteiger partial charge in [-0.05, 0) is 50.1 Å². The van der Waals surface area contributed by atoms with Crippen LogP contribution in [-0.2, 0) is 0 Å². The molecule has 0 saturated carbocycles. The Kier molecular flexibility index (Phi) is 4.73. The summed E-state index contributed by atoms with van der Waals surface area (Å²) in [6, 6.07) is 7.69. The van der Waals surface area contributed by atoms with Gasteiger partial charge in [-0.15, -0.1) is 0 Å². The molecular weight excluding hydrogens is 268 g/mol. The summed E-state index contributed by atoms with van der Waals surface area (Å²) in [5.74, 6) is -1.07. The Labute approximate surface area is 125 Å². The number of rotatable bonds is 4. The molecular formula is C18H21F2N. The van der Waals surface area contributed by atoms with E-state index in [-0.39, 0.29) is 6.04 Å². The van der Waals surface area contributed by atoms with Gasteiger partial charge in [-0.2, -0.15) is 0 Å². The van der Waals surface area contributed by atoms with Gasteiger partial charge in [0.2, 0.25) is 0 Å². The first-order valence-corrected chi connectivity index (χ1v) is 7.20. The van der Waals surface area contributed by atoms with Crippen molar-refractivity contribution in [3.63, 3.8) is 0 Å². The van der Waals surface area contributed by atoms with Crippen molar-refractivity contribution in [2.45, 2.75) is 33.7 Å². The third-order valence-corrected chi connectivity index (χ3v) is 3.71. The summed E-state index contributed by atoms with van der Waals surface area (Å²) in [5, 5.41) is 3.31. The second kappa shape index (κ2) is 6.35. The molecule has 2 aromatic rings. The molecule has 0 heterocycles. The Morgan fingerprint density at radius 1 is 1.00 bits per heavy atom. The van der Waals surface area contributed by atoms with Crippen LogP contribution in [0, 0.1) is 32.4 Å². The summed E-state index contributed by atoms with van der Waals surface area (Å²) < 4.78 is 27.3.